The molecule has 59 heavy (non-hydrogen) atoms. The molecule has 0 atom stereocenters. The zero-order valence-corrected chi connectivity index (χ0v) is 32.9. The smallest absolute Gasteiger partial charge is 0.0727 e. The Hall–Kier alpha value is -7.46. The van der Waals surface area contributed by atoms with Gasteiger partial charge in [0, 0.05) is 43.4 Å². The molecule has 0 amide bonds. The number of para-hydroxylation sites is 3. The second-order valence-electron chi connectivity index (χ2n) is 15.2. The molecule has 0 bridgehead atoms. The Bertz CT molecular complexity index is 3550. The molecule has 12 rings (SSSR count). The molecule has 0 aliphatic heterocycles. The average Bonchev–Trinajstić information content (AvgIpc) is 3.85. The third kappa shape index (κ3) is 5.33. The normalized spacial score (nSPS) is 11.7. The largest absolute Gasteiger partial charge is 0.309 e. The maximum atomic E-state index is 2.49. The monoisotopic (exact) mass is 768 g/mol. The van der Waals surface area contributed by atoms with Crippen LogP contribution in [-0.4, -0.2) is 4.57 Å². The van der Waals surface area contributed by atoms with E-state index in [9.17, 15) is 0 Å². The molecule has 0 N–H and O–H groups in total. The van der Waals surface area contributed by atoms with Crippen molar-refractivity contribution in [2.24, 2.45) is 0 Å². The first-order valence-corrected chi connectivity index (χ1v) is 21.0. The number of hydrogen-bond donors (Lipinski definition) is 0. The van der Waals surface area contributed by atoms with Crippen LogP contribution in [0.15, 0.2) is 218 Å². The lowest BCUT2D eigenvalue weighted by atomic mass is 9.96. The topological polar surface area (TPSA) is 8.17 Å². The first-order valence-electron chi connectivity index (χ1n) is 20.2. The van der Waals surface area contributed by atoms with E-state index in [1.807, 2.05) is 11.3 Å². The Morgan fingerprint density at radius 1 is 0.356 bits per heavy atom. The maximum Gasteiger partial charge on any atom is 0.0727 e. The predicted octanol–water partition coefficient (Wildman–Crippen LogP) is 16.3. The van der Waals surface area contributed by atoms with Crippen molar-refractivity contribution in [3.05, 3.63) is 218 Å². The minimum atomic E-state index is 1.10. The van der Waals surface area contributed by atoms with Crippen LogP contribution in [0, 0.1) is 0 Å². The molecule has 3 heteroatoms. The van der Waals surface area contributed by atoms with Gasteiger partial charge in [0.1, 0.15) is 0 Å². The highest BCUT2D eigenvalue weighted by molar-refractivity contribution is 7.27. The molecular formula is C56H36N2S. The quantitative estimate of drug-likeness (QED) is 0.153. The van der Waals surface area contributed by atoms with Crippen molar-refractivity contribution in [3.8, 4) is 27.9 Å². The van der Waals surface area contributed by atoms with Crippen molar-refractivity contribution in [1.29, 1.82) is 0 Å². The van der Waals surface area contributed by atoms with Gasteiger partial charge >= 0.3 is 0 Å². The summed E-state index contributed by atoms with van der Waals surface area (Å²) in [5, 5.41) is 9.97. The Kier molecular flexibility index (Phi) is 7.75. The number of anilines is 3. The van der Waals surface area contributed by atoms with E-state index in [0.29, 0.717) is 0 Å². The summed E-state index contributed by atoms with van der Waals surface area (Å²) in [4.78, 5) is 2.49. The standard InChI is InChI=1S/C56H36N2S/c1-2-19-40(20-3-1)58-52-31-13-11-26-49(52)56-54(58)50-29-15-28-48(55(50)59-56)47-25-10-12-30-51(47)57(53-36-39-17-5-7-22-44(39)45-23-8-9-24-46(45)53)41-34-32-38(33-35-41)43-27-14-18-37-16-4-6-21-42(37)43/h1-36H. The van der Waals surface area contributed by atoms with Crippen LogP contribution in [0.3, 0.4) is 0 Å². The Balaban J connectivity index is 1.11. The highest BCUT2D eigenvalue weighted by Gasteiger charge is 2.24. The van der Waals surface area contributed by atoms with Gasteiger partial charge in [0.25, 0.3) is 0 Å². The number of rotatable bonds is 6. The van der Waals surface area contributed by atoms with E-state index in [1.54, 1.807) is 0 Å². The maximum absolute atomic E-state index is 2.49. The van der Waals surface area contributed by atoms with Crippen molar-refractivity contribution in [2.45, 2.75) is 0 Å². The first-order chi connectivity index (χ1) is 29.3. The van der Waals surface area contributed by atoms with E-state index in [4.69, 9.17) is 0 Å². The molecule has 276 valence electrons. The number of thiophene rings is 1. The zero-order valence-electron chi connectivity index (χ0n) is 32.1. The third-order valence-corrected chi connectivity index (χ3v) is 13.2. The van der Waals surface area contributed by atoms with Gasteiger partial charge in [0.05, 0.1) is 27.1 Å². The zero-order chi connectivity index (χ0) is 38.9. The Labute approximate surface area is 346 Å². The molecule has 0 radical (unpaired) electrons. The third-order valence-electron chi connectivity index (χ3n) is 12.0. The van der Waals surface area contributed by atoms with Crippen molar-refractivity contribution >= 4 is 91.9 Å². The minimum Gasteiger partial charge on any atom is -0.309 e. The lowest BCUT2D eigenvalue weighted by Crippen LogP contribution is -2.12. The van der Waals surface area contributed by atoms with Crippen molar-refractivity contribution in [1.82, 2.24) is 4.57 Å². The molecule has 0 aliphatic carbocycles. The molecule has 0 fully saturated rings. The fourth-order valence-corrected chi connectivity index (χ4v) is 10.7. The van der Waals surface area contributed by atoms with Crippen LogP contribution in [-0.2, 0) is 0 Å². The number of fused-ring (bicyclic) bond motifs is 9. The van der Waals surface area contributed by atoms with Crippen LogP contribution in [0.4, 0.5) is 17.1 Å². The summed E-state index contributed by atoms with van der Waals surface area (Å²) in [5.41, 5.74) is 11.9. The lowest BCUT2D eigenvalue weighted by molar-refractivity contribution is 1.19. The van der Waals surface area contributed by atoms with Crippen LogP contribution in [0.5, 0.6) is 0 Å². The van der Waals surface area contributed by atoms with Gasteiger partial charge in [-0.3, -0.25) is 0 Å². The van der Waals surface area contributed by atoms with Crippen LogP contribution in [0.2, 0.25) is 0 Å². The molecule has 12 aromatic rings. The lowest BCUT2D eigenvalue weighted by Gasteiger charge is -2.30. The molecule has 0 unspecified atom stereocenters. The summed E-state index contributed by atoms with van der Waals surface area (Å²) in [6.45, 7) is 0. The molecule has 2 heterocycles. The van der Waals surface area contributed by atoms with Gasteiger partial charge in [0.2, 0.25) is 0 Å². The highest BCUT2D eigenvalue weighted by Crippen LogP contribution is 2.50. The van der Waals surface area contributed by atoms with E-state index < -0.39 is 0 Å². The minimum absolute atomic E-state index is 1.10. The predicted molar refractivity (Wildman–Crippen MR) is 254 cm³/mol. The van der Waals surface area contributed by atoms with Crippen LogP contribution >= 0.6 is 11.3 Å². The van der Waals surface area contributed by atoms with E-state index >= 15 is 0 Å². The molecular weight excluding hydrogens is 733 g/mol. The first kappa shape index (κ1) is 33.7. The van der Waals surface area contributed by atoms with Crippen molar-refractivity contribution in [3.63, 3.8) is 0 Å². The van der Waals surface area contributed by atoms with E-state index in [2.05, 4.69) is 228 Å². The summed E-state index contributed by atoms with van der Waals surface area (Å²) >= 11 is 1.91. The van der Waals surface area contributed by atoms with Gasteiger partial charge in [-0.05, 0) is 80.5 Å². The van der Waals surface area contributed by atoms with Gasteiger partial charge in [-0.25, -0.2) is 0 Å². The summed E-state index contributed by atoms with van der Waals surface area (Å²) < 4.78 is 5.05. The van der Waals surface area contributed by atoms with Gasteiger partial charge in [-0.15, -0.1) is 11.3 Å². The number of hydrogen-bond acceptors (Lipinski definition) is 2. The van der Waals surface area contributed by atoms with E-state index in [-0.39, 0.29) is 0 Å². The Morgan fingerprint density at radius 2 is 0.949 bits per heavy atom. The van der Waals surface area contributed by atoms with Gasteiger partial charge in [0.15, 0.2) is 0 Å². The summed E-state index contributed by atoms with van der Waals surface area (Å²) in [6, 6.07) is 79.9. The fourth-order valence-electron chi connectivity index (χ4n) is 9.34. The molecule has 0 spiro atoms. The fraction of sp³-hybridized carbons (Fsp3) is 0. The summed E-state index contributed by atoms with van der Waals surface area (Å²) in [7, 11) is 0. The number of aromatic nitrogens is 1. The van der Waals surface area contributed by atoms with Gasteiger partial charge in [-0.2, -0.15) is 0 Å². The SMILES string of the molecule is c1ccc(-n2c3ccccc3c3sc4c(-c5ccccc5N(c5ccc(-c6cccc7ccccc67)cc5)c5cc6ccccc6c6ccccc56)cccc4c32)cc1. The molecule has 2 aromatic heterocycles. The van der Waals surface area contributed by atoms with Crippen LogP contribution in [0.25, 0.3) is 91.5 Å². The Morgan fingerprint density at radius 3 is 1.80 bits per heavy atom. The summed E-state index contributed by atoms with van der Waals surface area (Å²) in [5.74, 6) is 0. The van der Waals surface area contributed by atoms with Crippen LogP contribution < -0.4 is 4.90 Å². The van der Waals surface area contributed by atoms with Crippen molar-refractivity contribution in [2.75, 3.05) is 4.90 Å². The summed E-state index contributed by atoms with van der Waals surface area (Å²) in [6.07, 6.45) is 0. The molecule has 2 nitrogen and oxygen atoms in total. The van der Waals surface area contributed by atoms with Gasteiger partial charge < -0.3 is 9.47 Å². The average molecular weight is 769 g/mol. The number of benzene rings is 10. The second-order valence-corrected chi connectivity index (χ2v) is 16.3. The highest BCUT2D eigenvalue weighted by atomic mass is 32.1. The van der Waals surface area contributed by atoms with Crippen molar-refractivity contribution < 1.29 is 0 Å². The molecule has 0 saturated carbocycles. The van der Waals surface area contributed by atoms with Crippen LogP contribution in [0.1, 0.15) is 0 Å². The van der Waals surface area contributed by atoms with Gasteiger partial charge in [-0.1, -0.05) is 176 Å². The molecule has 0 aliphatic rings. The molecule has 10 aromatic carbocycles. The van der Waals surface area contributed by atoms with E-state index in [0.717, 1.165) is 17.1 Å². The number of nitrogens with zero attached hydrogens (tertiary/aromatic N) is 2. The van der Waals surface area contributed by atoms with E-state index in [1.165, 1.54) is 91.5 Å². The second kappa shape index (κ2) is 13.6. The molecule has 0 saturated heterocycles.